The third-order valence-corrected chi connectivity index (χ3v) is 11.0. The third kappa shape index (κ3) is 5.96. The molecule has 1 unspecified atom stereocenters. The molecule has 0 fully saturated rings. The SMILES string of the molecule is CN(C)CC(O[Si](C)(C)C(C)(C)C)c1nc2nccc(C(=S)Nc3ccc(F)c(Cl)c3)c2[nH]1. The predicted molar refractivity (Wildman–Crippen MR) is 140 cm³/mol. The number of H-pyrrole nitrogens is 1. The molecule has 2 N–H and O–H groups in total. The first-order chi connectivity index (χ1) is 15.3. The highest BCUT2D eigenvalue weighted by atomic mass is 35.5. The van der Waals surface area contributed by atoms with Crippen molar-refractivity contribution in [1.29, 1.82) is 0 Å². The van der Waals surface area contributed by atoms with Crippen molar-refractivity contribution < 1.29 is 8.82 Å². The van der Waals surface area contributed by atoms with Crippen LogP contribution in [0.1, 0.15) is 38.3 Å². The molecule has 0 radical (unpaired) electrons. The van der Waals surface area contributed by atoms with E-state index in [1.807, 2.05) is 20.2 Å². The van der Waals surface area contributed by atoms with Crippen LogP contribution in [0, 0.1) is 5.82 Å². The summed E-state index contributed by atoms with van der Waals surface area (Å²) in [7, 11) is 1.98. The van der Waals surface area contributed by atoms with Crippen molar-refractivity contribution in [2.75, 3.05) is 26.0 Å². The molecular formula is C23H31ClFN5OSSi. The molecule has 0 bridgehead atoms. The molecule has 0 aliphatic rings. The van der Waals surface area contributed by atoms with E-state index < -0.39 is 14.1 Å². The van der Waals surface area contributed by atoms with Gasteiger partial charge in [0.1, 0.15) is 22.7 Å². The van der Waals surface area contributed by atoms with E-state index in [0.717, 1.165) is 16.9 Å². The maximum atomic E-state index is 13.5. The number of imidazole rings is 1. The smallest absolute Gasteiger partial charge is 0.193 e. The summed E-state index contributed by atoms with van der Waals surface area (Å²) in [6, 6.07) is 6.21. The first kappa shape index (κ1) is 25.7. The van der Waals surface area contributed by atoms with Gasteiger partial charge in [-0.15, -0.1) is 0 Å². The van der Waals surface area contributed by atoms with Gasteiger partial charge in [0.05, 0.1) is 10.5 Å². The largest absolute Gasteiger partial charge is 0.405 e. The highest BCUT2D eigenvalue weighted by Crippen LogP contribution is 2.39. The van der Waals surface area contributed by atoms with Crippen LogP contribution < -0.4 is 5.32 Å². The molecule has 0 aliphatic carbocycles. The second kappa shape index (κ2) is 9.75. The number of pyridine rings is 1. The number of benzene rings is 1. The molecule has 0 amide bonds. The lowest BCUT2D eigenvalue weighted by Crippen LogP contribution is -2.43. The van der Waals surface area contributed by atoms with Gasteiger partial charge in [-0.3, -0.25) is 0 Å². The van der Waals surface area contributed by atoms with E-state index in [9.17, 15) is 4.39 Å². The lowest BCUT2D eigenvalue weighted by atomic mass is 10.2. The number of hydrogen-bond acceptors (Lipinski definition) is 5. The maximum absolute atomic E-state index is 13.5. The molecule has 10 heteroatoms. The number of likely N-dealkylation sites (N-methyl/N-ethyl adjacent to an activating group) is 1. The second-order valence-corrected chi connectivity index (χ2v) is 15.5. The molecule has 1 aromatic carbocycles. The monoisotopic (exact) mass is 507 g/mol. The number of fused-ring (bicyclic) bond motifs is 1. The molecule has 2 heterocycles. The predicted octanol–water partition coefficient (Wildman–Crippen LogP) is 6.16. The van der Waals surface area contributed by atoms with Gasteiger partial charge < -0.3 is 19.6 Å². The molecule has 0 aliphatic heterocycles. The fourth-order valence-electron chi connectivity index (χ4n) is 3.09. The van der Waals surface area contributed by atoms with Crippen LogP contribution in [0.5, 0.6) is 0 Å². The van der Waals surface area contributed by atoms with Gasteiger partial charge in [-0.2, -0.15) is 0 Å². The van der Waals surface area contributed by atoms with Crippen LogP contribution in [0.2, 0.25) is 23.2 Å². The van der Waals surface area contributed by atoms with E-state index >= 15 is 0 Å². The van der Waals surface area contributed by atoms with Gasteiger partial charge in [0.25, 0.3) is 0 Å². The Morgan fingerprint density at radius 2 is 2.00 bits per heavy atom. The van der Waals surface area contributed by atoms with Crippen molar-refractivity contribution in [3.63, 3.8) is 0 Å². The van der Waals surface area contributed by atoms with Gasteiger partial charge in [0, 0.05) is 24.0 Å². The Labute approximate surface area is 206 Å². The number of nitrogens with zero attached hydrogens (tertiary/aromatic N) is 3. The van der Waals surface area contributed by atoms with Gasteiger partial charge in [-0.1, -0.05) is 44.6 Å². The lowest BCUT2D eigenvalue weighted by molar-refractivity contribution is 0.138. The number of hydrogen-bond donors (Lipinski definition) is 2. The highest BCUT2D eigenvalue weighted by Gasteiger charge is 2.40. The molecule has 3 aromatic rings. The van der Waals surface area contributed by atoms with E-state index in [0.29, 0.717) is 22.9 Å². The van der Waals surface area contributed by atoms with Crippen molar-refractivity contribution >= 4 is 54.0 Å². The number of nitrogens with one attached hydrogen (secondary N) is 2. The minimum absolute atomic E-state index is 0.0285. The Hall–Kier alpha value is -1.91. The quantitative estimate of drug-likeness (QED) is 0.295. The Balaban J connectivity index is 1.95. The molecule has 1 atom stereocenters. The summed E-state index contributed by atoms with van der Waals surface area (Å²) in [4.78, 5) is 15.1. The summed E-state index contributed by atoms with van der Waals surface area (Å²) in [5.74, 6) is 0.238. The van der Waals surface area contributed by atoms with Gasteiger partial charge >= 0.3 is 0 Å². The van der Waals surface area contributed by atoms with E-state index in [4.69, 9.17) is 33.2 Å². The summed E-state index contributed by atoms with van der Waals surface area (Å²) >= 11 is 11.5. The summed E-state index contributed by atoms with van der Waals surface area (Å²) in [6.45, 7) is 11.8. The van der Waals surface area contributed by atoms with E-state index in [1.165, 1.54) is 12.1 Å². The Kier molecular flexibility index (Phi) is 7.60. The molecule has 0 saturated heterocycles. The Morgan fingerprint density at radius 3 is 2.61 bits per heavy atom. The normalized spacial score (nSPS) is 13.5. The minimum Gasteiger partial charge on any atom is -0.405 e. The van der Waals surface area contributed by atoms with Crippen LogP contribution in [0.4, 0.5) is 10.1 Å². The van der Waals surface area contributed by atoms with Crippen molar-refractivity contribution in [2.45, 2.75) is 45.0 Å². The van der Waals surface area contributed by atoms with Crippen LogP contribution in [0.25, 0.3) is 11.2 Å². The Bertz CT molecular complexity index is 1160. The summed E-state index contributed by atoms with van der Waals surface area (Å²) < 4.78 is 20.2. The van der Waals surface area contributed by atoms with Crippen LogP contribution >= 0.6 is 23.8 Å². The first-order valence-electron chi connectivity index (χ1n) is 10.7. The molecule has 178 valence electrons. The van der Waals surface area contributed by atoms with Crippen LogP contribution in [0.15, 0.2) is 30.5 Å². The summed E-state index contributed by atoms with van der Waals surface area (Å²) in [5, 5.41) is 3.21. The molecule has 6 nitrogen and oxygen atoms in total. The second-order valence-electron chi connectivity index (χ2n) is 9.89. The number of halogens is 2. The standard InChI is InChI=1S/C23H31ClFN5OSSi/c1-23(2,3)33(6,7)31-18(13-30(4)5)20-28-19-15(10-11-26-21(19)29-20)22(32)27-14-8-9-17(25)16(24)12-14/h8-12,18H,13H2,1-7H3,(H,27,32)(H,26,28,29). The van der Waals surface area contributed by atoms with Crippen LogP contribution in [-0.4, -0.2) is 53.8 Å². The van der Waals surface area contributed by atoms with Crippen LogP contribution in [0.3, 0.4) is 0 Å². The van der Waals surface area contributed by atoms with Crippen molar-refractivity contribution in [3.05, 3.63) is 52.7 Å². The van der Waals surface area contributed by atoms with Crippen molar-refractivity contribution in [1.82, 2.24) is 19.9 Å². The van der Waals surface area contributed by atoms with E-state index in [2.05, 4.69) is 54.0 Å². The number of anilines is 1. The molecular weight excluding hydrogens is 477 g/mol. The fourth-order valence-corrected chi connectivity index (χ4v) is 4.81. The van der Waals surface area contributed by atoms with Crippen molar-refractivity contribution in [3.8, 4) is 0 Å². The van der Waals surface area contributed by atoms with Gasteiger partial charge in [0.15, 0.2) is 14.0 Å². The van der Waals surface area contributed by atoms with Gasteiger partial charge in [0.2, 0.25) is 0 Å². The average Bonchev–Trinajstić information content (AvgIpc) is 3.13. The van der Waals surface area contributed by atoms with Gasteiger partial charge in [-0.05, 0) is 56.5 Å². The topological polar surface area (TPSA) is 66.1 Å². The molecule has 3 rings (SSSR count). The Morgan fingerprint density at radius 1 is 1.30 bits per heavy atom. The van der Waals surface area contributed by atoms with Crippen molar-refractivity contribution in [2.24, 2.45) is 0 Å². The zero-order valence-electron chi connectivity index (χ0n) is 20.1. The summed E-state index contributed by atoms with van der Waals surface area (Å²) in [5.41, 5.74) is 2.63. The number of aromatic nitrogens is 3. The molecule has 0 spiro atoms. The lowest BCUT2D eigenvalue weighted by Gasteiger charge is -2.39. The van der Waals surface area contributed by atoms with E-state index in [1.54, 1.807) is 12.3 Å². The number of thiocarbonyl (C=S) groups is 1. The zero-order valence-corrected chi connectivity index (χ0v) is 22.7. The van der Waals surface area contributed by atoms with Gasteiger partial charge in [-0.25, -0.2) is 14.4 Å². The number of aromatic amines is 1. The maximum Gasteiger partial charge on any atom is 0.193 e. The zero-order chi connectivity index (χ0) is 24.6. The van der Waals surface area contributed by atoms with Crippen LogP contribution in [-0.2, 0) is 4.43 Å². The highest BCUT2D eigenvalue weighted by molar-refractivity contribution is 7.81. The first-order valence-corrected chi connectivity index (χ1v) is 14.4. The minimum atomic E-state index is -2.05. The molecule has 33 heavy (non-hydrogen) atoms. The fraction of sp³-hybridized carbons (Fsp3) is 0.435. The van der Waals surface area contributed by atoms with E-state index in [-0.39, 0.29) is 16.2 Å². The number of rotatable bonds is 7. The molecule has 2 aromatic heterocycles. The summed E-state index contributed by atoms with van der Waals surface area (Å²) in [6.07, 6.45) is 1.43. The molecule has 0 saturated carbocycles. The average molecular weight is 508 g/mol. The third-order valence-electron chi connectivity index (χ3n) is 5.91.